The predicted molar refractivity (Wildman–Crippen MR) is 126 cm³/mol. The average Bonchev–Trinajstić information content (AvgIpc) is 3.24. The molecular weight excluding hydrogens is 420 g/mol. The van der Waals surface area contributed by atoms with Crippen LogP contribution in [0.25, 0.3) is 5.69 Å². The van der Waals surface area contributed by atoms with Crippen LogP contribution in [0.15, 0.2) is 84.0 Å². The summed E-state index contributed by atoms with van der Waals surface area (Å²) < 4.78 is 7.15. The summed E-state index contributed by atoms with van der Waals surface area (Å²) in [6, 6.07) is 25.4. The molecule has 3 aromatic carbocycles. The Morgan fingerprint density at radius 3 is 2.50 bits per heavy atom. The van der Waals surface area contributed by atoms with E-state index in [1.165, 1.54) is 11.1 Å². The Bertz CT molecular complexity index is 1190. The highest BCUT2D eigenvalue weighted by molar-refractivity contribution is 7.98. The van der Waals surface area contributed by atoms with Gasteiger partial charge in [0.1, 0.15) is 5.75 Å². The molecule has 32 heavy (non-hydrogen) atoms. The molecule has 162 valence electrons. The maximum Gasteiger partial charge on any atom is 0.251 e. The van der Waals surface area contributed by atoms with Gasteiger partial charge in [-0.3, -0.25) is 9.36 Å². The van der Waals surface area contributed by atoms with E-state index in [0.717, 1.165) is 16.6 Å². The summed E-state index contributed by atoms with van der Waals surface area (Å²) in [6.07, 6.45) is 0. The number of hydrogen-bond donors (Lipinski definition) is 1. The monoisotopic (exact) mass is 444 g/mol. The van der Waals surface area contributed by atoms with Crippen LogP contribution in [0, 0.1) is 6.92 Å². The molecule has 4 aromatic rings. The van der Waals surface area contributed by atoms with Crippen molar-refractivity contribution in [2.24, 2.45) is 0 Å². The topological polar surface area (TPSA) is 69.0 Å². The van der Waals surface area contributed by atoms with Crippen LogP contribution in [0.3, 0.4) is 0 Å². The number of amides is 1. The van der Waals surface area contributed by atoms with Gasteiger partial charge in [-0.2, -0.15) is 0 Å². The minimum absolute atomic E-state index is 0.177. The number of para-hydroxylation sites is 1. The Hall–Kier alpha value is -3.58. The molecule has 4 rings (SSSR count). The van der Waals surface area contributed by atoms with Crippen molar-refractivity contribution >= 4 is 17.7 Å². The molecule has 0 saturated heterocycles. The molecule has 0 aliphatic rings. The third-order valence-corrected chi connectivity index (χ3v) is 5.92. The average molecular weight is 445 g/mol. The van der Waals surface area contributed by atoms with Crippen molar-refractivity contribution in [1.29, 1.82) is 0 Å². The normalized spacial score (nSPS) is 10.7. The molecule has 0 saturated carbocycles. The minimum Gasteiger partial charge on any atom is -0.497 e. The standard InChI is InChI=1S/C25H24N4O2S/c1-18-7-6-8-19(15-18)17-32-25-28-27-23(29(25)21-9-4-3-5-10-21)16-26-24(30)20-11-13-22(31-2)14-12-20/h3-15H,16-17H2,1-2H3,(H,26,30). The largest absolute Gasteiger partial charge is 0.497 e. The molecule has 0 aliphatic heterocycles. The maximum absolute atomic E-state index is 12.6. The van der Waals surface area contributed by atoms with Gasteiger partial charge < -0.3 is 10.1 Å². The van der Waals surface area contributed by atoms with Gasteiger partial charge in [-0.05, 0) is 48.9 Å². The summed E-state index contributed by atoms with van der Waals surface area (Å²) in [5, 5.41) is 12.5. The number of carbonyl (C=O) groups excluding carboxylic acids is 1. The Labute approximate surface area is 191 Å². The van der Waals surface area contributed by atoms with Crippen molar-refractivity contribution in [3.05, 3.63) is 101 Å². The van der Waals surface area contributed by atoms with E-state index in [0.29, 0.717) is 17.1 Å². The lowest BCUT2D eigenvalue weighted by atomic mass is 10.2. The van der Waals surface area contributed by atoms with E-state index in [1.54, 1.807) is 43.1 Å². The highest BCUT2D eigenvalue weighted by Gasteiger charge is 2.16. The van der Waals surface area contributed by atoms with Crippen LogP contribution < -0.4 is 10.1 Å². The second-order valence-electron chi connectivity index (χ2n) is 7.26. The molecule has 1 amide bonds. The van der Waals surface area contributed by atoms with Gasteiger partial charge in [0.15, 0.2) is 11.0 Å². The van der Waals surface area contributed by atoms with Crippen LogP contribution in [-0.2, 0) is 12.3 Å². The smallest absolute Gasteiger partial charge is 0.251 e. The first-order valence-corrected chi connectivity index (χ1v) is 11.2. The fraction of sp³-hybridized carbons (Fsp3) is 0.160. The molecule has 0 spiro atoms. The van der Waals surface area contributed by atoms with E-state index in [4.69, 9.17) is 4.74 Å². The van der Waals surface area contributed by atoms with E-state index in [-0.39, 0.29) is 12.5 Å². The van der Waals surface area contributed by atoms with Gasteiger partial charge >= 0.3 is 0 Å². The lowest BCUT2D eigenvalue weighted by Crippen LogP contribution is -2.24. The second-order valence-corrected chi connectivity index (χ2v) is 8.20. The van der Waals surface area contributed by atoms with Crippen LogP contribution in [0.1, 0.15) is 27.3 Å². The van der Waals surface area contributed by atoms with Crippen molar-refractivity contribution in [2.75, 3.05) is 7.11 Å². The van der Waals surface area contributed by atoms with Gasteiger partial charge in [0.25, 0.3) is 5.91 Å². The Kier molecular flexibility index (Phi) is 6.87. The lowest BCUT2D eigenvalue weighted by Gasteiger charge is -2.11. The first-order chi connectivity index (χ1) is 15.6. The highest BCUT2D eigenvalue weighted by atomic mass is 32.2. The van der Waals surface area contributed by atoms with Gasteiger partial charge in [-0.15, -0.1) is 10.2 Å². The Morgan fingerprint density at radius 1 is 1.00 bits per heavy atom. The van der Waals surface area contributed by atoms with E-state index >= 15 is 0 Å². The van der Waals surface area contributed by atoms with Crippen molar-refractivity contribution in [2.45, 2.75) is 24.4 Å². The molecule has 1 aromatic heterocycles. The summed E-state index contributed by atoms with van der Waals surface area (Å²) in [7, 11) is 1.60. The Morgan fingerprint density at radius 2 is 1.78 bits per heavy atom. The number of aryl methyl sites for hydroxylation is 1. The molecule has 1 heterocycles. The highest BCUT2D eigenvalue weighted by Crippen LogP contribution is 2.25. The fourth-order valence-corrected chi connectivity index (χ4v) is 4.21. The zero-order chi connectivity index (χ0) is 22.3. The quantitative estimate of drug-likeness (QED) is 0.395. The second kappa shape index (κ2) is 10.2. The molecule has 0 bridgehead atoms. The number of thioether (sulfide) groups is 1. The summed E-state index contributed by atoms with van der Waals surface area (Å²) in [4.78, 5) is 12.6. The third kappa shape index (κ3) is 5.18. The molecule has 0 atom stereocenters. The summed E-state index contributed by atoms with van der Waals surface area (Å²) in [6.45, 7) is 2.35. The van der Waals surface area contributed by atoms with E-state index in [2.05, 4.69) is 46.7 Å². The number of methoxy groups -OCH3 is 1. The zero-order valence-corrected chi connectivity index (χ0v) is 18.8. The molecule has 0 unspecified atom stereocenters. The molecular formula is C25H24N4O2S. The predicted octanol–water partition coefficient (Wildman–Crippen LogP) is 4.81. The van der Waals surface area contributed by atoms with Crippen LogP contribution in [0.5, 0.6) is 5.75 Å². The SMILES string of the molecule is COc1ccc(C(=O)NCc2nnc(SCc3cccc(C)c3)n2-c2ccccc2)cc1. The number of aromatic nitrogens is 3. The maximum atomic E-state index is 12.6. The van der Waals surface area contributed by atoms with E-state index < -0.39 is 0 Å². The molecule has 0 aliphatic carbocycles. The van der Waals surface area contributed by atoms with Crippen LogP contribution in [0.4, 0.5) is 0 Å². The fourth-order valence-electron chi connectivity index (χ4n) is 3.30. The number of benzene rings is 3. The van der Waals surface area contributed by atoms with E-state index in [1.807, 2.05) is 34.9 Å². The van der Waals surface area contributed by atoms with Crippen LogP contribution in [0.2, 0.25) is 0 Å². The van der Waals surface area contributed by atoms with Crippen molar-refractivity contribution in [1.82, 2.24) is 20.1 Å². The van der Waals surface area contributed by atoms with Gasteiger partial charge in [0, 0.05) is 17.0 Å². The molecule has 7 heteroatoms. The van der Waals surface area contributed by atoms with Gasteiger partial charge in [-0.1, -0.05) is 59.8 Å². The summed E-state index contributed by atoms with van der Waals surface area (Å²) >= 11 is 1.62. The van der Waals surface area contributed by atoms with Crippen LogP contribution >= 0.6 is 11.8 Å². The molecule has 6 nitrogen and oxygen atoms in total. The van der Waals surface area contributed by atoms with Crippen molar-refractivity contribution < 1.29 is 9.53 Å². The number of rotatable bonds is 8. The van der Waals surface area contributed by atoms with E-state index in [9.17, 15) is 4.79 Å². The van der Waals surface area contributed by atoms with Crippen molar-refractivity contribution in [3.8, 4) is 11.4 Å². The minimum atomic E-state index is -0.177. The first-order valence-electron chi connectivity index (χ1n) is 10.2. The molecule has 1 N–H and O–H groups in total. The first kappa shape index (κ1) is 21.6. The van der Waals surface area contributed by atoms with Gasteiger partial charge in [-0.25, -0.2) is 0 Å². The van der Waals surface area contributed by atoms with Gasteiger partial charge in [0.2, 0.25) is 0 Å². The van der Waals surface area contributed by atoms with Crippen molar-refractivity contribution in [3.63, 3.8) is 0 Å². The number of nitrogens with one attached hydrogen (secondary N) is 1. The number of hydrogen-bond acceptors (Lipinski definition) is 5. The number of ether oxygens (including phenoxy) is 1. The zero-order valence-electron chi connectivity index (χ0n) is 18.0. The lowest BCUT2D eigenvalue weighted by molar-refractivity contribution is 0.0949. The number of carbonyl (C=O) groups is 1. The van der Waals surface area contributed by atoms with Crippen LogP contribution in [-0.4, -0.2) is 27.8 Å². The summed E-state index contributed by atoms with van der Waals surface area (Å²) in [5.41, 5.74) is 3.98. The summed E-state index contributed by atoms with van der Waals surface area (Å²) in [5.74, 6) is 1.99. The Balaban J connectivity index is 1.53. The third-order valence-electron chi connectivity index (χ3n) is 4.92. The molecule has 0 fully saturated rings. The molecule has 0 radical (unpaired) electrons. The number of nitrogens with zero attached hydrogens (tertiary/aromatic N) is 3. The van der Waals surface area contributed by atoms with Gasteiger partial charge in [0.05, 0.1) is 13.7 Å².